The molecule has 0 aromatic heterocycles. The van der Waals surface area contributed by atoms with Crippen molar-refractivity contribution < 1.29 is 0 Å². The summed E-state index contributed by atoms with van der Waals surface area (Å²) in [4.78, 5) is 0. The predicted octanol–water partition coefficient (Wildman–Crippen LogP) is 1.86. The maximum Gasteiger partial charge on any atom is 0.0317 e. The summed E-state index contributed by atoms with van der Waals surface area (Å²) in [5.74, 6) is 0.983. The van der Waals surface area contributed by atoms with Gasteiger partial charge in [0.15, 0.2) is 0 Å². The third-order valence-corrected chi connectivity index (χ3v) is 3.08. The summed E-state index contributed by atoms with van der Waals surface area (Å²) in [6, 6.07) is 6.13. The third kappa shape index (κ3) is 0.854. The molecule has 2 heteroatoms. The van der Waals surface area contributed by atoms with E-state index in [4.69, 9.17) is 11.5 Å². The van der Waals surface area contributed by atoms with E-state index in [9.17, 15) is 0 Å². The maximum absolute atomic E-state index is 5.76. The van der Waals surface area contributed by atoms with Gasteiger partial charge in [0, 0.05) is 23.2 Å². The van der Waals surface area contributed by atoms with Crippen molar-refractivity contribution in [3.05, 3.63) is 53.3 Å². The summed E-state index contributed by atoms with van der Waals surface area (Å²) < 4.78 is 0. The number of fused-ring (bicyclic) bond motifs is 4. The number of anilines is 1. The van der Waals surface area contributed by atoms with E-state index in [-0.39, 0.29) is 0 Å². The van der Waals surface area contributed by atoms with Crippen LogP contribution in [0, 0.1) is 0 Å². The standard InChI is InChI=1S/C12H12N2/c13-7-1-3-9-10-4-2-8(14)6-12(10)11(9)5-7/h1-6,9,11H,13-14H2. The summed E-state index contributed by atoms with van der Waals surface area (Å²) in [6.45, 7) is 0. The van der Waals surface area contributed by atoms with E-state index in [1.807, 2.05) is 12.1 Å². The van der Waals surface area contributed by atoms with Gasteiger partial charge in [-0.15, -0.1) is 0 Å². The smallest absolute Gasteiger partial charge is 0.0317 e. The molecular weight excluding hydrogens is 172 g/mol. The zero-order chi connectivity index (χ0) is 9.71. The van der Waals surface area contributed by atoms with Crippen LogP contribution in [0.1, 0.15) is 23.0 Å². The second kappa shape index (κ2) is 2.41. The Hall–Kier alpha value is -1.70. The van der Waals surface area contributed by atoms with Crippen LogP contribution in [0.15, 0.2) is 42.1 Å². The lowest BCUT2D eigenvalue weighted by molar-refractivity contribution is 0.632. The van der Waals surface area contributed by atoms with E-state index < -0.39 is 0 Å². The number of hydrogen-bond donors (Lipinski definition) is 2. The monoisotopic (exact) mass is 184 g/mol. The fraction of sp³-hybridized carbons (Fsp3) is 0.167. The number of hydrogen-bond acceptors (Lipinski definition) is 2. The fourth-order valence-electron chi connectivity index (χ4n) is 2.37. The number of rotatable bonds is 0. The Morgan fingerprint density at radius 3 is 2.71 bits per heavy atom. The predicted molar refractivity (Wildman–Crippen MR) is 57.7 cm³/mol. The minimum atomic E-state index is 0.457. The SMILES string of the molecule is NC1=CC2c3cc(N)ccc3C2C=C1. The molecule has 2 aliphatic carbocycles. The van der Waals surface area contributed by atoms with Gasteiger partial charge < -0.3 is 11.5 Å². The van der Waals surface area contributed by atoms with E-state index in [0.29, 0.717) is 11.8 Å². The molecular formula is C12H12N2. The minimum absolute atomic E-state index is 0.457. The van der Waals surface area contributed by atoms with E-state index in [1.165, 1.54) is 11.1 Å². The molecule has 0 amide bonds. The van der Waals surface area contributed by atoms with Crippen molar-refractivity contribution in [1.29, 1.82) is 0 Å². The minimum Gasteiger partial charge on any atom is -0.399 e. The molecule has 0 fully saturated rings. The van der Waals surface area contributed by atoms with Crippen molar-refractivity contribution >= 4 is 5.69 Å². The Labute approximate surface area is 82.9 Å². The molecule has 70 valence electrons. The third-order valence-electron chi connectivity index (χ3n) is 3.08. The van der Waals surface area contributed by atoms with Gasteiger partial charge in [-0.05, 0) is 29.3 Å². The van der Waals surface area contributed by atoms with Gasteiger partial charge in [0.25, 0.3) is 0 Å². The summed E-state index contributed by atoms with van der Waals surface area (Å²) in [5, 5.41) is 0. The lowest BCUT2D eigenvalue weighted by atomic mass is 9.66. The topological polar surface area (TPSA) is 52.0 Å². The first kappa shape index (κ1) is 7.68. The zero-order valence-corrected chi connectivity index (χ0v) is 7.77. The Bertz CT molecular complexity index is 457. The average Bonchev–Trinajstić information content (AvgIpc) is 2.17. The first-order valence-electron chi connectivity index (χ1n) is 4.80. The summed E-state index contributed by atoms with van der Waals surface area (Å²) in [6.07, 6.45) is 6.28. The van der Waals surface area contributed by atoms with Crippen molar-refractivity contribution in [1.82, 2.24) is 0 Å². The summed E-state index contributed by atoms with van der Waals surface area (Å²) >= 11 is 0. The number of benzene rings is 1. The number of nitrogen functional groups attached to an aromatic ring is 1. The number of nitrogens with two attached hydrogens (primary N) is 2. The van der Waals surface area contributed by atoms with Crippen molar-refractivity contribution in [2.75, 3.05) is 5.73 Å². The molecule has 0 heterocycles. The van der Waals surface area contributed by atoms with Gasteiger partial charge in [-0.2, -0.15) is 0 Å². The van der Waals surface area contributed by atoms with Gasteiger partial charge in [0.1, 0.15) is 0 Å². The molecule has 0 saturated heterocycles. The van der Waals surface area contributed by atoms with Gasteiger partial charge in [0.05, 0.1) is 0 Å². The lowest BCUT2D eigenvalue weighted by Gasteiger charge is -2.38. The van der Waals surface area contributed by atoms with Gasteiger partial charge in [-0.1, -0.05) is 18.2 Å². The second-order valence-electron chi connectivity index (χ2n) is 3.97. The highest BCUT2D eigenvalue weighted by molar-refractivity contribution is 5.59. The molecule has 0 bridgehead atoms. The van der Waals surface area contributed by atoms with Crippen LogP contribution in [-0.4, -0.2) is 0 Å². The maximum atomic E-state index is 5.76. The van der Waals surface area contributed by atoms with Gasteiger partial charge in [-0.25, -0.2) is 0 Å². The van der Waals surface area contributed by atoms with E-state index in [0.717, 1.165) is 11.4 Å². The van der Waals surface area contributed by atoms with Gasteiger partial charge >= 0.3 is 0 Å². The highest BCUT2D eigenvalue weighted by Crippen LogP contribution is 2.50. The average molecular weight is 184 g/mol. The molecule has 2 unspecified atom stereocenters. The Balaban J connectivity index is 2.12. The van der Waals surface area contributed by atoms with E-state index in [1.54, 1.807) is 0 Å². The molecule has 1 aromatic carbocycles. The van der Waals surface area contributed by atoms with Crippen LogP contribution in [0.4, 0.5) is 5.69 Å². The highest BCUT2D eigenvalue weighted by atomic mass is 14.6. The molecule has 0 spiro atoms. The van der Waals surface area contributed by atoms with Crippen molar-refractivity contribution in [2.24, 2.45) is 5.73 Å². The number of allylic oxidation sites excluding steroid dienone is 3. The second-order valence-corrected chi connectivity index (χ2v) is 3.97. The van der Waals surface area contributed by atoms with E-state index in [2.05, 4.69) is 24.3 Å². The lowest BCUT2D eigenvalue weighted by Crippen LogP contribution is -2.24. The Morgan fingerprint density at radius 1 is 1.00 bits per heavy atom. The molecule has 0 radical (unpaired) electrons. The molecule has 14 heavy (non-hydrogen) atoms. The molecule has 4 N–H and O–H groups in total. The molecule has 2 nitrogen and oxygen atoms in total. The van der Waals surface area contributed by atoms with Gasteiger partial charge in [0.2, 0.25) is 0 Å². The first-order valence-corrected chi connectivity index (χ1v) is 4.80. The van der Waals surface area contributed by atoms with Crippen LogP contribution in [0.5, 0.6) is 0 Å². The molecule has 0 saturated carbocycles. The van der Waals surface area contributed by atoms with Crippen LogP contribution in [0.2, 0.25) is 0 Å². The molecule has 3 rings (SSSR count). The quantitative estimate of drug-likeness (QED) is 0.605. The molecule has 0 aliphatic heterocycles. The van der Waals surface area contributed by atoms with Crippen molar-refractivity contribution in [3.63, 3.8) is 0 Å². The van der Waals surface area contributed by atoms with E-state index >= 15 is 0 Å². The summed E-state index contributed by atoms with van der Waals surface area (Å²) in [5.41, 5.74) is 15.9. The largest absolute Gasteiger partial charge is 0.399 e. The fourth-order valence-corrected chi connectivity index (χ4v) is 2.37. The Morgan fingerprint density at radius 2 is 1.86 bits per heavy atom. The Kier molecular flexibility index (Phi) is 1.32. The van der Waals surface area contributed by atoms with Crippen molar-refractivity contribution in [2.45, 2.75) is 11.8 Å². The summed E-state index contributed by atoms with van der Waals surface area (Å²) in [7, 11) is 0. The normalized spacial score (nSPS) is 27.3. The molecule has 1 aromatic rings. The van der Waals surface area contributed by atoms with Crippen LogP contribution in [-0.2, 0) is 0 Å². The zero-order valence-electron chi connectivity index (χ0n) is 7.77. The molecule has 2 aliphatic rings. The van der Waals surface area contributed by atoms with Crippen LogP contribution >= 0.6 is 0 Å². The van der Waals surface area contributed by atoms with Crippen molar-refractivity contribution in [3.8, 4) is 0 Å². The highest BCUT2D eigenvalue weighted by Gasteiger charge is 2.35. The first-order chi connectivity index (χ1) is 6.75. The van der Waals surface area contributed by atoms with Crippen LogP contribution in [0.3, 0.4) is 0 Å². The van der Waals surface area contributed by atoms with Crippen LogP contribution < -0.4 is 11.5 Å². The molecule has 2 atom stereocenters. The van der Waals surface area contributed by atoms with Gasteiger partial charge in [-0.3, -0.25) is 0 Å². The van der Waals surface area contributed by atoms with Crippen LogP contribution in [0.25, 0.3) is 0 Å².